The smallest absolute Gasteiger partial charge is 0.308 e. The van der Waals surface area contributed by atoms with E-state index in [2.05, 4.69) is 5.16 Å². The van der Waals surface area contributed by atoms with Crippen molar-refractivity contribution in [3.8, 4) is 0 Å². The van der Waals surface area contributed by atoms with E-state index in [-0.39, 0.29) is 18.9 Å². The summed E-state index contributed by atoms with van der Waals surface area (Å²) in [7, 11) is 0. The van der Waals surface area contributed by atoms with E-state index in [4.69, 9.17) is 14.4 Å². The summed E-state index contributed by atoms with van der Waals surface area (Å²) in [6.45, 7) is 7.06. The van der Waals surface area contributed by atoms with Crippen LogP contribution in [0.4, 0.5) is 0 Å². The number of carboxylic acid groups (broad SMARTS) is 1. The third-order valence-corrected chi connectivity index (χ3v) is 3.20. The van der Waals surface area contributed by atoms with Gasteiger partial charge in [0.15, 0.2) is 0 Å². The summed E-state index contributed by atoms with van der Waals surface area (Å²) in [5.74, 6) is -1.04. The number of hydrogen-bond acceptors (Lipinski definition) is 5. The largest absolute Gasteiger partial charge is 0.481 e. The molecule has 7 heteroatoms. The molecule has 1 aromatic rings. The Balaban J connectivity index is 2.61. The zero-order chi connectivity index (χ0) is 16.5. The minimum absolute atomic E-state index is 0.109. The molecule has 1 heterocycles. The van der Waals surface area contributed by atoms with Crippen LogP contribution in [-0.4, -0.2) is 53.3 Å². The minimum atomic E-state index is -0.917. The number of carbonyl (C=O) groups excluding carboxylic acids is 1. The van der Waals surface area contributed by atoms with Crippen LogP contribution < -0.4 is 0 Å². The molecule has 1 unspecified atom stereocenters. The summed E-state index contributed by atoms with van der Waals surface area (Å²) in [5, 5.41) is 12.8. The van der Waals surface area contributed by atoms with Gasteiger partial charge in [-0.3, -0.25) is 9.59 Å². The Morgan fingerprint density at radius 3 is 2.77 bits per heavy atom. The van der Waals surface area contributed by atoms with Gasteiger partial charge in [-0.05, 0) is 20.3 Å². The Kier molecular flexibility index (Phi) is 7.59. The lowest BCUT2D eigenvalue weighted by Crippen LogP contribution is -2.39. The van der Waals surface area contributed by atoms with Crippen LogP contribution in [0.3, 0.4) is 0 Å². The van der Waals surface area contributed by atoms with Crippen LogP contribution in [0.25, 0.3) is 0 Å². The zero-order valence-electron chi connectivity index (χ0n) is 13.4. The molecule has 124 valence electrons. The maximum Gasteiger partial charge on any atom is 0.308 e. The van der Waals surface area contributed by atoms with Gasteiger partial charge in [0.1, 0.15) is 5.76 Å². The van der Waals surface area contributed by atoms with Gasteiger partial charge in [-0.1, -0.05) is 12.1 Å². The summed E-state index contributed by atoms with van der Waals surface area (Å²) < 4.78 is 10.2. The van der Waals surface area contributed by atoms with Crippen LogP contribution in [0, 0.1) is 12.8 Å². The first-order chi connectivity index (χ1) is 10.4. The van der Waals surface area contributed by atoms with Crippen LogP contribution in [0.1, 0.15) is 31.7 Å². The number of nitrogens with zero attached hydrogens (tertiary/aromatic N) is 2. The highest BCUT2D eigenvalue weighted by atomic mass is 16.5. The number of amides is 1. The summed E-state index contributed by atoms with van der Waals surface area (Å²) >= 11 is 0. The second-order valence-electron chi connectivity index (χ2n) is 5.24. The maximum absolute atomic E-state index is 12.4. The molecule has 7 nitrogen and oxygen atoms in total. The SMILES string of the molecule is CCOCCCN(CC(C)C(=O)O)C(=O)Cc1cc(C)on1. The van der Waals surface area contributed by atoms with Gasteiger partial charge in [-0.25, -0.2) is 0 Å². The number of ether oxygens (including phenoxy) is 1. The average Bonchev–Trinajstić information content (AvgIpc) is 2.86. The first kappa shape index (κ1) is 18.2. The highest BCUT2D eigenvalue weighted by Gasteiger charge is 2.21. The van der Waals surface area contributed by atoms with Crippen LogP contribution in [0.15, 0.2) is 10.6 Å². The van der Waals surface area contributed by atoms with Crippen molar-refractivity contribution in [2.75, 3.05) is 26.3 Å². The van der Waals surface area contributed by atoms with Crippen molar-refractivity contribution in [2.45, 2.75) is 33.6 Å². The molecular formula is C15H24N2O5. The maximum atomic E-state index is 12.4. The first-order valence-electron chi connectivity index (χ1n) is 7.44. The van der Waals surface area contributed by atoms with Gasteiger partial charge >= 0.3 is 5.97 Å². The summed E-state index contributed by atoms with van der Waals surface area (Å²) in [6, 6.07) is 1.71. The van der Waals surface area contributed by atoms with Crippen LogP contribution in [0.5, 0.6) is 0 Å². The number of hydrogen-bond donors (Lipinski definition) is 1. The predicted octanol–water partition coefficient (Wildman–Crippen LogP) is 1.50. The Bertz CT molecular complexity index is 486. The molecule has 1 atom stereocenters. The fraction of sp³-hybridized carbons (Fsp3) is 0.667. The standard InChI is InChI=1S/C15H24N2O5/c1-4-21-7-5-6-17(10-11(2)15(19)20)14(18)9-13-8-12(3)22-16-13/h8,11H,4-7,9-10H2,1-3H3,(H,19,20). The highest BCUT2D eigenvalue weighted by molar-refractivity contribution is 5.79. The first-order valence-corrected chi connectivity index (χ1v) is 7.44. The Morgan fingerprint density at radius 2 is 2.23 bits per heavy atom. The monoisotopic (exact) mass is 312 g/mol. The van der Waals surface area contributed by atoms with Crippen LogP contribution in [0.2, 0.25) is 0 Å². The van der Waals surface area contributed by atoms with Gasteiger partial charge in [-0.2, -0.15) is 0 Å². The molecule has 0 fully saturated rings. The van der Waals surface area contributed by atoms with Crippen molar-refractivity contribution in [3.05, 3.63) is 17.5 Å². The Labute approximate surface area is 130 Å². The van der Waals surface area contributed by atoms with Gasteiger partial charge in [0, 0.05) is 32.4 Å². The number of aliphatic carboxylic acids is 1. The lowest BCUT2D eigenvalue weighted by atomic mass is 10.1. The molecule has 0 spiro atoms. The third kappa shape index (κ3) is 6.26. The van der Waals surface area contributed by atoms with Gasteiger partial charge in [-0.15, -0.1) is 0 Å². The van der Waals surface area contributed by atoms with Gasteiger partial charge in [0.05, 0.1) is 18.0 Å². The molecule has 22 heavy (non-hydrogen) atoms. The third-order valence-electron chi connectivity index (χ3n) is 3.20. The van der Waals surface area contributed by atoms with Crippen molar-refractivity contribution in [3.63, 3.8) is 0 Å². The van der Waals surface area contributed by atoms with Crippen molar-refractivity contribution >= 4 is 11.9 Å². The lowest BCUT2D eigenvalue weighted by molar-refractivity contribution is -0.143. The summed E-state index contributed by atoms with van der Waals surface area (Å²) in [6.07, 6.45) is 0.780. The number of rotatable bonds is 10. The van der Waals surface area contributed by atoms with E-state index in [0.29, 0.717) is 37.6 Å². The normalized spacial score (nSPS) is 12.1. The van der Waals surface area contributed by atoms with E-state index in [1.807, 2.05) is 6.92 Å². The topological polar surface area (TPSA) is 92.9 Å². The molecule has 0 aliphatic carbocycles. The number of carbonyl (C=O) groups is 2. The molecular weight excluding hydrogens is 288 g/mol. The van der Waals surface area contributed by atoms with Crippen molar-refractivity contribution < 1.29 is 24.0 Å². The van der Waals surface area contributed by atoms with Gasteiger partial charge in [0.25, 0.3) is 0 Å². The van der Waals surface area contributed by atoms with E-state index in [9.17, 15) is 9.59 Å². The van der Waals surface area contributed by atoms with Gasteiger partial charge < -0.3 is 19.3 Å². The second kappa shape index (κ2) is 9.19. The molecule has 1 amide bonds. The molecule has 1 aromatic heterocycles. The molecule has 0 aromatic carbocycles. The molecule has 0 saturated heterocycles. The molecule has 0 aliphatic heterocycles. The molecule has 0 saturated carbocycles. The van der Waals surface area contributed by atoms with E-state index in [1.54, 1.807) is 24.8 Å². The molecule has 0 bridgehead atoms. The fourth-order valence-electron chi connectivity index (χ4n) is 2.00. The number of carboxylic acids is 1. The van der Waals surface area contributed by atoms with Crippen molar-refractivity contribution in [1.82, 2.24) is 10.1 Å². The lowest BCUT2D eigenvalue weighted by Gasteiger charge is -2.24. The molecule has 0 aliphatic rings. The van der Waals surface area contributed by atoms with E-state index >= 15 is 0 Å². The predicted molar refractivity (Wildman–Crippen MR) is 79.4 cm³/mol. The van der Waals surface area contributed by atoms with E-state index < -0.39 is 11.9 Å². The van der Waals surface area contributed by atoms with Gasteiger partial charge in [0.2, 0.25) is 5.91 Å². The minimum Gasteiger partial charge on any atom is -0.481 e. The Morgan fingerprint density at radius 1 is 1.50 bits per heavy atom. The van der Waals surface area contributed by atoms with Crippen LogP contribution >= 0.6 is 0 Å². The fourth-order valence-corrected chi connectivity index (χ4v) is 2.00. The van der Waals surface area contributed by atoms with E-state index in [1.165, 1.54) is 0 Å². The average molecular weight is 312 g/mol. The number of aromatic nitrogens is 1. The highest BCUT2D eigenvalue weighted by Crippen LogP contribution is 2.08. The van der Waals surface area contributed by atoms with Crippen molar-refractivity contribution in [1.29, 1.82) is 0 Å². The Hall–Kier alpha value is -1.89. The number of aryl methyl sites for hydroxylation is 1. The summed E-state index contributed by atoms with van der Waals surface area (Å²) in [5.41, 5.74) is 0.556. The zero-order valence-corrected chi connectivity index (χ0v) is 13.4. The summed E-state index contributed by atoms with van der Waals surface area (Å²) in [4.78, 5) is 24.9. The molecule has 1 rings (SSSR count). The van der Waals surface area contributed by atoms with E-state index in [0.717, 1.165) is 0 Å². The molecule has 1 N–H and O–H groups in total. The second-order valence-corrected chi connectivity index (χ2v) is 5.24. The van der Waals surface area contributed by atoms with Crippen molar-refractivity contribution in [2.24, 2.45) is 5.92 Å². The quantitative estimate of drug-likeness (QED) is 0.658. The molecule has 0 radical (unpaired) electrons. The van der Waals surface area contributed by atoms with Crippen LogP contribution in [-0.2, 0) is 20.7 Å².